The Labute approximate surface area is 116 Å². The van der Waals surface area contributed by atoms with E-state index in [1.54, 1.807) is 0 Å². The highest BCUT2D eigenvalue weighted by Crippen LogP contribution is 2.76. The Balaban J connectivity index is 1.49. The van der Waals surface area contributed by atoms with Crippen molar-refractivity contribution in [3.05, 3.63) is 0 Å². The third-order valence-electron chi connectivity index (χ3n) is 5.15. The number of rotatable bonds is 3. The molecule has 1 heterocycles. The number of carbonyl (C=O) groups is 1. The van der Waals surface area contributed by atoms with Gasteiger partial charge < -0.3 is 10.1 Å². The molecule has 4 aliphatic rings. The summed E-state index contributed by atoms with van der Waals surface area (Å²) in [4.78, 5) is 12.2. The van der Waals surface area contributed by atoms with E-state index in [4.69, 9.17) is 4.74 Å². The first-order valence-corrected chi connectivity index (χ1v) is 7.77. The van der Waals surface area contributed by atoms with Crippen LogP contribution in [0.5, 0.6) is 0 Å². The van der Waals surface area contributed by atoms with E-state index in [0.717, 1.165) is 25.2 Å². The van der Waals surface area contributed by atoms with Crippen molar-refractivity contribution in [3.63, 3.8) is 0 Å². The zero-order valence-corrected chi connectivity index (χ0v) is 12.6. The van der Waals surface area contributed by atoms with Gasteiger partial charge in [0, 0.05) is 0 Å². The summed E-state index contributed by atoms with van der Waals surface area (Å²) in [5.74, 6) is 0.949. The molecule has 0 aromatic rings. The Hall–Kier alpha value is -0.570. The summed E-state index contributed by atoms with van der Waals surface area (Å²) in [6.45, 7) is 8.24. The minimum atomic E-state index is -0.339. The monoisotopic (exact) mass is 265 g/mol. The van der Waals surface area contributed by atoms with Gasteiger partial charge in [-0.25, -0.2) is 0 Å². The molecule has 1 aliphatic heterocycles. The SMILES string of the molecule is CC(C)(C)OC(=O)C12CC(CC3CCNCC3)(C1)C2. The number of esters is 1. The van der Waals surface area contributed by atoms with Gasteiger partial charge in [0.2, 0.25) is 0 Å². The fourth-order valence-corrected chi connectivity index (χ4v) is 4.52. The first-order valence-electron chi connectivity index (χ1n) is 7.77. The number of piperidine rings is 1. The molecular weight excluding hydrogens is 238 g/mol. The Morgan fingerprint density at radius 1 is 1.21 bits per heavy atom. The Morgan fingerprint density at radius 2 is 1.79 bits per heavy atom. The second kappa shape index (κ2) is 4.21. The third-order valence-corrected chi connectivity index (χ3v) is 5.15. The number of hydrogen-bond acceptors (Lipinski definition) is 3. The van der Waals surface area contributed by atoms with Crippen LogP contribution in [0.4, 0.5) is 0 Å². The van der Waals surface area contributed by atoms with E-state index in [9.17, 15) is 4.79 Å². The molecule has 1 N–H and O–H groups in total. The van der Waals surface area contributed by atoms with Gasteiger partial charge in [-0.3, -0.25) is 4.79 Å². The first-order chi connectivity index (χ1) is 8.83. The van der Waals surface area contributed by atoms with Crippen LogP contribution in [-0.4, -0.2) is 24.7 Å². The van der Waals surface area contributed by atoms with Crippen LogP contribution in [0.1, 0.15) is 59.3 Å². The van der Waals surface area contributed by atoms with Crippen molar-refractivity contribution in [1.29, 1.82) is 0 Å². The lowest BCUT2D eigenvalue weighted by Gasteiger charge is -2.70. The molecule has 4 rings (SSSR count). The minimum absolute atomic E-state index is 0.0622. The molecule has 108 valence electrons. The zero-order valence-electron chi connectivity index (χ0n) is 12.6. The van der Waals surface area contributed by atoms with Gasteiger partial charge in [0.25, 0.3) is 0 Å². The summed E-state index contributed by atoms with van der Waals surface area (Å²) >= 11 is 0. The van der Waals surface area contributed by atoms with Crippen LogP contribution in [0.3, 0.4) is 0 Å². The molecule has 0 amide bonds. The van der Waals surface area contributed by atoms with Crippen LogP contribution in [0, 0.1) is 16.7 Å². The first kappa shape index (κ1) is 13.4. The van der Waals surface area contributed by atoms with E-state index in [1.165, 1.54) is 32.4 Å². The fourth-order valence-electron chi connectivity index (χ4n) is 4.52. The minimum Gasteiger partial charge on any atom is -0.460 e. The number of ether oxygens (including phenoxy) is 1. The van der Waals surface area contributed by atoms with E-state index in [2.05, 4.69) is 5.32 Å². The molecule has 3 heteroatoms. The lowest BCUT2D eigenvalue weighted by Crippen LogP contribution is -2.66. The normalized spacial score (nSPS) is 38.3. The molecule has 0 atom stereocenters. The van der Waals surface area contributed by atoms with Crippen LogP contribution in [-0.2, 0) is 9.53 Å². The lowest BCUT2D eigenvalue weighted by molar-refractivity contribution is -0.241. The maximum atomic E-state index is 12.2. The van der Waals surface area contributed by atoms with Gasteiger partial charge in [0.15, 0.2) is 0 Å². The molecule has 0 spiro atoms. The second-order valence-electron chi connectivity index (χ2n) is 8.21. The zero-order chi connectivity index (χ0) is 13.7. The van der Waals surface area contributed by atoms with E-state index >= 15 is 0 Å². The van der Waals surface area contributed by atoms with E-state index in [0.29, 0.717) is 5.41 Å². The average Bonchev–Trinajstić information content (AvgIpc) is 2.20. The van der Waals surface area contributed by atoms with Gasteiger partial charge in [-0.05, 0) is 83.7 Å². The van der Waals surface area contributed by atoms with Crippen molar-refractivity contribution in [1.82, 2.24) is 5.32 Å². The Morgan fingerprint density at radius 3 is 2.32 bits per heavy atom. The standard InChI is InChI=1S/C16H27NO2/c1-14(2,3)19-13(18)16-9-15(10-16,11-16)8-12-4-6-17-7-5-12/h12,17H,4-11H2,1-3H3. The van der Waals surface area contributed by atoms with Crippen molar-refractivity contribution in [3.8, 4) is 0 Å². The molecule has 3 saturated carbocycles. The van der Waals surface area contributed by atoms with Crippen molar-refractivity contribution >= 4 is 5.97 Å². The molecule has 0 unspecified atom stereocenters. The molecule has 3 nitrogen and oxygen atoms in total. The Kier molecular flexibility index (Phi) is 2.97. The lowest BCUT2D eigenvalue weighted by atomic mass is 9.33. The molecule has 0 radical (unpaired) electrons. The van der Waals surface area contributed by atoms with Gasteiger partial charge in [-0.2, -0.15) is 0 Å². The van der Waals surface area contributed by atoms with Crippen LogP contribution in [0.15, 0.2) is 0 Å². The van der Waals surface area contributed by atoms with Crippen molar-refractivity contribution in [2.24, 2.45) is 16.7 Å². The average molecular weight is 265 g/mol. The van der Waals surface area contributed by atoms with Crippen LogP contribution >= 0.6 is 0 Å². The molecule has 0 aromatic heterocycles. The van der Waals surface area contributed by atoms with Crippen LogP contribution < -0.4 is 5.32 Å². The number of hydrogen-bond donors (Lipinski definition) is 1. The summed E-state index contributed by atoms with van der Waals surface area (Å²) in [5.41, 5.74) is 0.0911. The van der Waals surface area contributed by atoms with Gasteiger partial charge in [-0.1, -0.05) is 0 Å². The summed E-state index contributed by atoms with van der Waals surface area (Å²) in [5, 5.41) is 3.43. The van der Waals surface area contributed by atoms with Crippen LogP contribution in [0.2, 0.25) is 0 Å². The van der Waals surface area contributed by atoms with Crippen molar-refractivity contribution in [2.75, 3.05) is 13.1 Å². The topological polar surface area (TPSA) is 38.3 Å². The van der Waals surface area contributed by atoms with Crippen LogP contribution in [0.25, 0.3) is 0 Å². The maximum Gasteiger partial charge on any atom is 0.312 e. The molecule has 3 aliphatic carbocycles. The Bertz CT molecular complexity index is 357. The van der Waals surface area contributed by atoms with Crippen molar-refractivity contribution in [2.45, 2.75) is 64.9 Å². The van der Waals surface area contributed by atoms with Gasteiger partial charge >= 0.3 is 5.97 Å². The number of nitrogens with one attached hydrogen (secondary N) is 1. The van der Waals surface area contributed by atoms with E-state index in [1.807, 2.05) is 20.8 Å². The molecule has 1 saturated heterocycles. The highest BCUT2D eigenvalue weighted by molar-refractivity contribution is 5.81. The van der Waals surface area contributed by atoms with Gasteiger partial charge in [-0.15, -0.1) is 0 Å². The quantitative estimate of drug-likeness (QED) is 0.797. The van der Waals surface area contributed by atoms with Gasteiger partial charge in [0.05, 0.1) is 5.41 Å². The predicted molar refractivity (Wildman–Crippen MR) is 74.8 cm³/mol. The highest BCUT2D eigenvalue weighted by atomic mass is 16.6. The van der Waals surface area contributed by atoms with E-state index in [-0.39, 0.29) is 17.0 Å². The molecule has 0 aromatic carbocycles. The molecule has 2 bridgehead atoms. The summed E-state index contributed by atoms with van der Waals surface area (Å²) < 4.78 is 5.57. The summed E-state index contributed by atoms with van der Waals surface area (Å²) in [7, 11) is 0. The molecule has 19 heavy (non-hydrogen) atoms. The second-order valence-corrected chi connectivity index (χ2v) is 8.21. The number of carbonyl (C=O) groups excluding carboxylic acids is 1. The smallest absolute Gasteiger partial charge is 0.312 e. The molecule has 4 fully saturated rings. The maximum absolute atomic E-state index is 12.2. The highest BCUT2D eigenvalue weighted by Gasteiger charge is 2.72. The molecular formula is C16H27NO2. The van der Waals surface area contributed by atoms with Crippen molar-refractivity contribution < 1.29 is 9.53 Å². The third kappa shape index (κ3) is 2.42. The van der Waals surface area contributed by atoms with Gasteiger partial charge in [0.1, 0.15) is 5.60 Å². The predicted octanol–water partition coefficient (Wildman–Crippen LogP) is 2.89. The fraction of sp³-hybridized carbons (Fsp3) is 0.938. The summed E-state index contributed by atoms with van der Waals surface area (Å²) in [6, 6.07) is 0. The largest absolute Gasteiger partial charge is 0.460 e. The van der Waals surface area contributed by atoms with E-state index < -0.39 is 0 Å². The summed E-state index contributed by atoms with van der Waals surface area (Å²) in [6.07, 6.45) is 7.28.